The Balaban J connectivity index is 1.45. The van der Waals surface area contributed by atoms with Gasteiger partial charge >= 0.3 is 5.91 Å². The zero-order valence-corrected chi connectivity index (χ0v) is 19.1. The molecule has 2 heterocycles. The third-order valence-electron chi connectivity index (χ3n) is 7.28. The second-order valence-corrected chi connectivity index (χ2v) is 9.30. The Morgan fingerprint density at radius 3 is 1.94 bits per heavy atom. The summed E-state index contributed by atoms with van der Waals surface area (Å²) in [6.07, 6.45) is 1.76. The molecule has 0 aliphatic carbocycles. The molecule has 2 aliphatic heterocycles. The number of rotatable bonds is 2. The van der Waals surface area contributed by atoms with Gasteiger partial charge in [-0.25, -0.2) is 0 Å². The highest BCUT2D eigenvalue weighted by molar-refractivity contribution is 5.92. The van der Waals surface area contributed by atoms with Crippen molar-refractivity contribution < 1.29 is 9.47 Å². The maximum absolute atomic E-state index is 6.90. The van der Waals surface area contributed by atoms with Crippen LogP contribution in [0.3, 0.4) is 0 Å². The number of anilines is 2. The number of para-hydroxylation sites is 1. The third kappa shape index (κ3) is 2.83. The van der Waals surface area contributed by atoms with E-state index >= 15 is 0 Å². The number of ether oxygens (including phenoxy) is 2. The molecule has 0 bridgehead atoms. The van der Waals surface area contributed by atoms with Gasteiger partial charge in [0.2, 0.25) is 0 Å². The lowest BCUT2D eigenvalue weighted by Crippen LogP contribution is -2.55. The van der Waals surface area contributed by atoms with Crippen LogP contribution < -0.4 is 14.4 Å². The molecule has 3 heteroatoms. The van der Waals surface area contributed by atoms with Crippen LogP contribution in [-0.2, 0) is 0 Å². The molecule has 2 unspecified atom stereocenters. The number of benzene rings is 5. The van der Waals surface area contributed by atoms with Gasteiger partial charge in [0.25, 0.3) is 0 Å². The minimum atomic E-state index is -0.933. The fraction of sp³-hybridized carbons (Fsp3) is 0.161. The topological polar surface area (TPSA) is 21.7 Å². The smallest absolute Gasteiger partial charge is 0.343 e. The van der Waals surface area contributed by atoms with Crippen LogP contribution >= 0.6 is 0 Å². The van der Waals surface area contributed by atoms with Crippen molar-refractivity contribution in [1.29, 1.82) is 0 Å². The quantitative estimate of drug-likeness (QED) is 0.275. The normalized spacial score (nSPS) is 20.7. The lowest BCUT2D eigenvalue weighted by molar-refractivity contribution is -0.114. The van der Waals surface area contributed by atoms with Gasteiger partial charge in [0.05, 0.1) is 12.1 Å². The van der Waals surface area contributed by atoms with E-state index in [1.165, 1.54) is 27.1 Å². The summed E-state index contributed by atoms with van der Waals surface area (Å²) >= 11 is 0. The first kappa shape index (κ1) is 19.5. The molecular formula is C31H25NO2. The van der Waals surface area contributed by atoms with Crippen molar-refractivity contribution in [3.8, 4) is 11.5 Å². The van der Waals surface area contributed by atoms with Gasteiger partial charge < -0.3 is 9.47 Å². The van der Waals surface area contributed by atoms with E-state index < -0.39 is 5.91 Å². The zero-order valence-electron chi connectivity index (χ0n) is 19.1. The standard InChI is InChI=1S/C31H25NO2/c1-2-21-20-31(33-29-18-24-12-8-6-10-22(24)16-27(21)29)32(26-14-4-3-5-15-26)28-17-23-11-7-9-13-25(23)19-30(28)34-31/h3-19,21H,2,20H2,1H3. The predicted octanol–water partition coefficient (Wildman–Crippen LogP) is 8.15. The molecule has 5 aromatic rings. The van der Waals surface area contributed by atoms with Crippen LogP contribution in [0.2, 0.25) is 0 Å². The monoisotopic (exact) mass is 443 g/mol. The molecule has 0 N–H and O–H groups in total. The van der Waals surface area contributed by atoms with Gasteiger partial charge in [-0.15, -0.1) is 0 Å². The van der Waals surface area contributed by atoms with Crippen molar-refractivity contribution in [3.63, 3.8) is 0 Å². The molecule has 34 heavy (non-hydrogen) atoms. The summed E-state index contributed by atoms with van der Waals surface area (Å²) in [4.78, 5) is 2.26. The molecule has 3 nitrogen and oxygen atoms in total. The minimum Gasteiger partial charge on any atom is -0.434 e. The molecule has 1 spiro atoms. The summed E-state index contributed by atoms with van der Waals surface area (Å²) in [7, 11) is 0. The summed E-state index contributed by atoms with van der Waals surface area (Å²) < 4.78 is 13.7. The van der Waals surface area contributed by atoms with Crippen LogP contribution in [0.1, 0.15) is 31.2 Å². The summed E-state index contributed by atoms with van der Waals surface area (Å²) in [6, 6.07) is 36.3. The van der Waals surface area contributed by atoms with E-state index in [2.05, 4.69) is 109 Å². The van der Waals surface area contributed by atoms with Crippen molar-refractivity contribution in [3.05, 3.63) is 109 Å². The van der Waals surface area contributed by atoms with Gasteiger partial charge in [-0.1, -0.05) is 73.7 Å². The second-order valence-electron chi connectivity index (χ2n) is 9.30. The lowest BCUT2D eigenvalue weighted by atomic mass is 9.86. The SMILES string of the molecule is CCC1CC2(Oc3cc4ccccc4cc31)Oc1cc3ccccc3cc1N2c1ccccc1. The molecule has 2 atom stereocenters. The van der Waals surface area contributed by atoms with Crippen molar-refractivity contribution in [2.45, 2.75) is 31.6 Å². The molecule has 7 rings (SSSR count). The molecular weight excluding hydrogens is 418 g/mol. The minimum absolute atomic E-state index is 0.322. The van der Waals surface area contributed by atoms with E-state index in [0.29, 0.717) is 5.92 Å². The fourth-order valence-corrected chi connectivity index (χ4v) is 5.62. The average Bonchev–Trinajstić information content (AvgIpc) is 3.17. The predicted molar refractivity (Wildman–Crippen MR) is 138 cm³/mol. The zero-order chi connectivity index (χ0) is 22.7. The van der Waals surface area contributed by atoms with Gasteiger partial charge in [-0.3, -0.25) is 4.90 Å². The number of hydrogen-bond donors (Lipinski definition) is 0. The molecule has 2 aliphatic rings. The Hall–Kier alpha value is -3.98. The Morgan fingerprint density at radius 2 is 1.26 bits per heavy atom. The van der Waals surface area contributed by atoms with E-state index in [0.717, 1.165) is 35.7 Å². The van der Waals surface area contributed by atoms with E-state index in [1.807, 2.05) is 6.07 Å². The summed E-state index contributed by atoms with van der Waals surface area (Å²) in [5.41, 5.74) is 3.38. The van der Waals surface area contributed by atoms with Crippen LogP contribution in [0.25, 0.3) is 21.5 Å². The first-order chi connectivity index (χ1) is 16.7. The summed E-state index contributed by atoms with van der Waals surface area (Å²) in [5, 5.41) is 4.79. The highest BCUT2D eigenvalue weighted by atomic mass is 16.7. The highest BCUT2D eigenvalue weighted by Gasteiger charge is 2.53. The third-order valence-corrected chi connectivity index (χ3v) is 7.28. The van der Waals surface area contributed by atoms with Gasteiger partial charge in [0.1, 0.15) is 5.75 Å². The Bertz CT molecular complexity index is 1540. The molecule has 0 aromatic heterocycles. The largest absolute Gasteiger partial charge is 0.434 e. The molecule has 0 fully saturated rings. The molecule has 5 aromatic carbocycles. The van der Waals surface area contributed by atoms with E-state index in [4.69, 9.17) is 9.47 Å². The second kappa shape index (κ2) is 7.26. The fourth-order valence-electron chi connectivity index (χ4n) is 5.62. The number of hydrogen-bond acceptors (Lipinski definition) is 3. The van der Waals surface area contributed by atoms with E-state index in [9.17, 15) is 0 Å². The van der Waals surface area contributed by atoms with Crippen LogP contribution in [0.5, 0.6) is 11.5 Å². The summed E-state index contributed by atoms with van der Waals surface area (Å²) in [5.74, 6) is 1.16. The molecule has 0 saturated carbocycles. The molecule has 0 saturated heterocycles. The van der Waals surface area contributed by atoms with Crippen molar-refractivity contribution in [1.82, 2.24) is 0 Å². The van der Waals surface area contributed by atoms with Crippen molar-refractivity contribution >= 4 is 32.9 Å². The van der Waals surface area contributed by atoms with Crippen molar-refractivity contribution in [2.75, 3.05) is 4.90 Å². The van der Waals surface area contributed by atoms with Crippen LogP contribution in [0, 0.1) is 0 Å². The number of fused-ring (bicyclic) bond motifs is 4. The Morgan fingerprint density at radius 1 is 0.706 bits per heavy atom. The Kier molecular flexibility index (Phi) is 4.16. The van der Waals surface area contributed by atoms with Crippen LogP contribution in [0.15, 0.2) is 103 Å². The van der Waals surface area contributed by atoms with Gasteiger partial charge in [-0.2, -0.15) is 0 Å². The van der Waals surface area contributed by atoms with Crippen LogP contribution in [0.4, 0.5) is 11.4 Å². The average molecular weight is 444 g/mol. The van der Waals surface area contributed by atoms with Crippen LogP contribution in [-0.4, -0.2) is 5.91 Å². The van der Waals surface area contributed by atoms with Crippen molar-refractivity contribution in [2.24, 2.45) is 0 Å². The van der Waals surface area contributed by atoms with Gasteiger partial charge in [-0.05, 0) is 75.8 Å². The molecule has 0 radical (unpaired) electrons. The molecule has 166 valence electrons. The number of nitrogens with zero attached hydrogens (tertiary/aromatic N) is 1. The van der Waals surface area contributed by atoms with E-state index in [-0.39, 0.29) is 0 Å². The maximum Gasteiger partial charge on any atom is 0.343 e. The van der Waals surface area contributed by atoms with Gasteiger partial charge in [0, 0.05) is 5.69 Å². The maximum atomic E-state index is 6.90. The highest BCUT2D eigenvalue weighted by Crippen LogP contribution is 2.55. The first-order valence-electron chi connectivity index (χ1n) is 12.0. The lowest BCUT2D eigenvalue weighted by Gasteiger charge is -2.43. The summed E-state index contributed by atoms with van der Waals surface area (Å²) in [6.45, 7) is 2.26. The van der Waals surface area contributed by atoms with Gasteiger partial charge in [0.15, 0.2) is 5.75 Å². The van der Waals surface area contributed by atoms with E-state index in [1.54, 1.807) is 0 Å². The Labute approximate surface area is 199 Å². The first-order valence-corrected chi connectivity index (χ1v) is 12.0. The molecule has 0 amide bonds.